The highest BCUT2D eigenvalue weighted by Gasteiger charge is 2.17. The van der Waals surface area contributed by atoms with Crippen LogP contribution in [0.25, 0.3) is 0 Å². The smallest absolute Gasteiger partial charge is 0.306 e. The minimum atomic E-state index is -0.564. The summed E-state index contributed by atoms with van der Waals surface area (Å²) in [6, 6.07) is 0. The first kappa shape index (κ1) is 61.3. The molecule has 0 radical (unpaired) electrons. The van der Waals surface area contributed by atoms with E-state index < -0.39 is 6.10 Å². The Kier molecular flexibility index (Phi) is 52.4. The second kappa shape index (κ2) is 54.7. The molecule has 0 amide bonds. The van der Waals surface area contributed by atoms with Gasteiger partial charge < -0.3 is 14.2 Å². The van der Waals surface area contributed by atoms with Gasteiger partial charge in [-0.05, 0) is 96.3 Å². The van der Waals surface area contributed by atoms with E-state index in [0.29, 0.717) is 19.4 Å². The molecule has 0 saturated heterocycles. The van der Waals surface area contributed by atoms with Gasteiger partial charge in [0.25, 0.3) is 0 Å². The fourth-order valence-electron chi connectivity index (χ4n) is 7.58. The Bertz CT molecular complexity index is 1150. The normalized spacial score (nSPS) is 12.7. The Morgan fingerprint density at radius 2 is 0.656 bits per heavy atom. The summed E-state index contributed by atoms with van der Waals surface area (Å²) in [5.74, 6) is -0.459. The molecule has 0 aromatic rings. The molecule has 0 aromatic carbocycles. The lowest BCUT2D eigenvalue weighted by molar-refractivity contribution is -0.163. The van der Waals surface area contributed by atoms with Crippen LogP contribution in [0.15, 0.2) is 72.9 Å². The quantitative estimate of drug-likeness (QED) is 0.0346. The maximum atomic E-state index is 12.8. The van der Waals surface area contributed by atoms with E-state index in [4.69, 9.17) is 14.2 Å². The molecule has 64 heavy (non-hydrogen) atoms. The van der Waals surface area contributed by atoms with Crippen molar-refractivity contribution < 1.29 is 23.8 Å². The Morgan fingerprint density at radius 1 is 0.344 bits per heavy atom. The molecule has 0 aliphatic carbocycles. The van der Waals surface area contributed by atoms with Crippen molar-refractivity contribution in [2.24, 2.45) is 0 Å². The molecule has 0 unspecified atom stereocenters. The van der Waals surface area contributed by atoms with Crippen LogP contribution in [-0.2, 0) is 23.8 Å². The zero-order chi connectivity index (χ0) is 46.3. The number of unbranched alkanes of at least 4 members (excludes halogenated alkanes) is 27. The summed E-state index contributed by atoms with van der Waals surface area (Å²) in [4.78, 5) is 25.4. The monoisotopic (exact) mass is 893 g/mol. The maximum absolute atomic E-state index is 12.8. The lowest BCUT2D eigenvalue weighted by atomic mass is 10.0. The minimum Gasteiger partial charge on any atom is -0.462 e. The molecule has 0 aliphatic rings. The summed E-state index contributed by atoms with van der Waals surface area (Å²) < 4.78 is 17.4. The Hall–Kier alpha value is -2.66. The average molecular weight is 893 g/mol. The van der Waals surface area contributed by atoms with Crippen molar-refractivity contribution in [2.75, 3.05) is 19.8 Å². The predicted molar refractivity (Wildman–Crippen MR) is 279 cm³/mol. The van der Waals surface area contributed by atoms with Crippen LogP contribution in [0.4, 0.5) is 0 Å². The molecule has 5 nitrogen and oxygen atoms in total. The van der Waals surface area contributed by atoms with E-state index in [1.807, 2.05) is 0 Å². The van der Waals surface area contributed by atoms with Gasteiger partial charge >= 0.3 is 11.9 Å². The van der Waals surface area contributed by atoms with Crippen LogP contribution in [0.1, 0.15) is 265 Å². The first-order valence-corrected chi connectivity index (χ1v) is 27.5. The van der Waals surface area contributed by atoms with Gasteiger partial charge in [-0.3, -0.25) is 9.59 Å². The number of ether oxygens (including phenoxy) is 3. The molecule has 5 heteroatoms. The number of esters is 2. The third kappa shape index (κ3) is 52.0. The average Bonchev–Trinajstić information content (AvgIpc) is 3.30. The van der Waals surface area contributed by atoms with Crippen molar-refractivity contribution in [1.82, 2.24) is 0 Å². The van der Waals surface area contributed by atoms with Crippen molar-refractivity contribution >= 4 is 11.9 Å². The number of hydrogen-bond acceptors (Lipinski definition) is 5. The van der Waals surface area contributed by atoms with Gasteiger partial charge in [0, 0.05) is 19.4 Å². The Balaban J connectivity index is 4.36. The van der Waals surface area contributed by atoms with Crippen LogP contribution < -0.4 is 0 Å². The molecule has 0 aliphatic heterocycles. The van der Waals surface area contributed by atoms with E-state index >= 15 is 0 Å². The Labute approximate surface area is 397 Å². The van der Waals surface area contributed by atoms with E-state index in [-0.39, 0.29) is 25.2 Å². The van der Waals surface area contributed by atoms with E-state index in [1.54, 1.807) is 0 Å². The lowest BCUT2D eigenvalue weighted by Crippen LogP contribution is -2.30. The zero-order valence-electron chi connectivity index (χ0n) is 42.5. The third-order valence-electron chi connectivity index (χ3n) is 11.7. The summed E-state index contributed by atoms with van der Waals surface area (Å²) in [7, 11) is 0. The molecular formula is C59H104O5. The van der Waals surface area contributed by atoms with Gasteiger partial charge in [0.2, 0.25) is 0 Å². The first-order valence-electron chi connectivity index (χ1n) is 27.5. The summed E-state index contributed by atoms with van der Waals surface area (Å²) in [5, 5.41) is 0. The molecule has 0 fully saturated rings. The lowest BCUT2D eigenvalue weighted by Gasteiger charge is -2.18. The molecular weight excluding hydrogens is 789 g/mol. The minimum absolute atomic E-state index is 0.0565. The predicted octanol–water partition coefficient (Wildman–Crippen LogP) is 18.7. The SMILES string of the molecule is CCCCC/C=C\C/C=C\C/C=C\CCCCCCC(=O)O[C@H](COCCCCCCCCCCCCCCCCCC)COC(=O)CCCC/C=C\C/C=C\C/C=C\CCCCC. The van der Waals surface area contributed by atoms with Crippen LogP contribution >= 0.6 is 0 Å². The van der Waals surface area contributed by atoms with E-state index in [0.717, 1.165) is 89.9 Å². The fourth-order valence-corrected chi connectivity index (χ4v) is 7.58. The second-order valence-corrected chi connectivity index (χ2v) is 18.1. The summed E-state index contributed by atoms with van der Waals surface area (Å²) in [6.07, 6.45) is 70.6. The number of allylic oxidation sites excluding steroid dienone is 12. The fraction of sp³-hybridized carbons (Fsp3) is 0.763. The molecule has 0 aromatic heterocycles. The number of carbonyl (C=O) groups is 2. The number of hydrogen-bond donors (Lipinski definition) is 0. The molecule has 0 spiro atoms. The van der Waals surface area contributed by atoms with Gasteiger partial charge in [-0.15, -0.1) is 0 Å². The first-order chi connectivity index (χ1) is 31.6. The van der Waals surface area contributed by atoms with E-state index in [2.05, 4.69) is 93.7 Å². The summed E-state index contributed by atoms with van der Waals surface area (Å²) in [5.41, 5.74) is 0. The van der Waals surface area contributed by atoms with Crippen LogP contribution in [0.3, 0.4) is 0 Å². The van der Waals surface area contributed by atoms with E-state index in [1.165, 1.54) is 141 Å². The van der Waals surface area contributed by atoms with Crippen LogP contribution in [0.5, 0.6) is 0 Å². The molecule has 370 valence electrons. The van der Waals surface area contributed by atoms with Gasteiger partial charge in [-0.25, -0.2) is 0 Å². The van der Waals surface area contributed by atoms with Crippen molar-refractivity contribution in [3.8, 4) is 0 Å². The van der Waals surface area contributed by atoms with Gasteiger partial charge in [0.1, 0.15) is 6.61 Å². The van der Waals surface area contributed by atoms with Crippen LogP contribution in [-0.4, -0.2) is 37.9 Å². The highest BCUT2D eigenvalue weighted by atomic mass is 16.6. The van der Waals surface area contributed by atoms with Crippen molar-refractivity contribution in [2.45, 2.75) is 271 Å². The maximum Gasteiger partial charge on any atom is 0.306 e. The van der Waals surface area contributed by atoms with Crippen molar-refractivity contribution in [3.63, 3.8) is 0 Å². The second-order valence-electron chi connectivity index (χ2n) is 18.1. The molecule has 1 atom stereocenters. The molecule has 0 rings (SSSR count). The van der Waals surface area contributed by atoms with Gasteiger partial charge in [-0.2, -0.15) is 0 Å². The number of rotatable bonds is 50. The third-order valence-corrected chi connectivity index (χ3v) is 11.7. The molecule has 0 saturated carbocycles. The molecule has 0 bridgehead atoms. The van der Waals surface area contributed by atoms with Gasteiger partial charge in [0.05, 0.1) is 6.61 Å². The molecule has 0 heterocycles. The number of carbonyl (C=O) groups excluding carboxylic acids is 2. The summed E-state index contributed by atoms with van der Waals surface area (Å²) >= 11 is 0. The largest absolute Gasteiger partial charge is 0.462 e. The zero-order valence-corrected chi connectivity index (χ0v) is 42.5. The standard InChI is InChI=1S/C59H104O5/c1-4-7-10-13-16-19-22-25-28-30-32-35-38-41-44-47-50-53-59(61)64-57(55-62-54-51-48-45-42-39-36-33-29-26-23-20-17-14-11-8-5-2)56-63-58(60)52-49-46-43-40-37-34-31-27-24-21-18-15-12-9-6-3/h16,18-19,21,25,27-28,31-32,35,37,40,57H,4-15,17,20,22-24,26,29-30,33-34,36,38-39,41-56H2,1-3H3/b19-16-,21-18-,28-25-,31-27-,35-32-,40-37-/t57-/m1/s1. The van der Waals surface area contributed by atoms with Crippen molar-refractivity contribution in [1.29, 1.82) is 0 Å². The van der Waals surface area contributed by atoms with Crippen LogP contribution in [0, 0.1) is 0 Å². The topological polar surface area (TPSA) is 61.8 Å². The highest BCUT2D eigenvalue weighted by molar-refractivity contribution is 5.70. The van der Waals surface area contributed by atoms with Crippen LogP contribution in [0.2, 0.25) is 0 Å². The molecule has 0 N–H and O–H groups in total. The van der Waals surface area contributed by atoms with Gasteiger partial charge in [0.15, 0.2) is 6.10 Å². The summed E-state index contributed by atoms with van der Waals surface area (Å²) in [6.45, 7) is 7.74. The van der Waals surface area contributed by atoms with Crippen molar-refractivity contribution in [3.05, 3.63) is 72.9 Å². The van der Waals surface area contributed by atoms with Gasteiger partial charge in [-0.1, -0.05) is 229 Å². The Morgan fingerprint density at radius 3 is 1.11 bits per heavy atom. The van der Waals surface area contributed by atoms with E-state index in [9.17, 15) is 9.59 Å². The highest BCUT2D eigenvalue weighted by Crippen LogP contribution is 2.15.